The van der Waals surface area contributed by atoms with Gasteiger partial charge in [0.05, 0.1) is 18.6 Å². The van der Waals surface area contributed by atoms with E-state index in [0.29, 0.717) is 6.54 Å². The summed E-state index contributed by atoms with van der Waals surface area (Å²) in [5.41, 5.74) is 1.73. The van der Waals surface area contributed by atoms with Crippen LogP contribution in [-0.4, -0.2) is 58.2 Å². The van der Waals surface area contributed by atoms with Crippen molar-refractivity contribution in [2.75, 3.05) is 27.7 Å². The van der Waals surface area contributed by atoms with Gasteiger partial charge in [-0.2, -0.15) is 4.72 Å². The maximum absolute atomic E-state index is 12.6. The zero-order valence-electron chi connectivity index (χ0n) is 16.5. The second-order valence-electron chi connectivity index (χ2n) is 6.56. The van der Waals surface area contributed by atoms with E-state index in [1.807, 2.05) is 43.3 Å². The molecule has 0 saturated carbocycles. The average Bonchev–Trinajstić information content (AvgIpc) is 2.70. The number of hydrogen-bond donors (Lipinski definition) is 2. The number of rotatable bonds is 8. The van der Waals surface area contributed by atoms with Gasteiger partial charge in [-0.3, -0.25) is 9.69 Å². The number of aliphatic carboxylic acids is 1. The van der Waals surface area contributed by atoms with E-state index in [1.165, 1.54) is 12.1 Å². The molecule has 0 saturated heterocycles. The summed E-state index contributed by atoms with van der Waals surface area (Å²) in [5.74, 6) is 4.95. The summed E-state index contributed by atoms with van der Waals surface area (Å²) in [4.78, 5) is 13.2. The van der Waals surface area contributed by atoms with Crippen molar-refractivity contribution in [1.82, 2.24) is 9.62 Å². The van der Waals surface area contributed by atoms with Crippen LogP contribution in [0, 0.1) is 11.8 Å². The fourth-order valence-corrected chi connectivity index (χ4v) is 3.62. The van der Waals surface area contributed by atoms with Gasteiger partial charge in [-0.25, -0.2) is 8.42 Å². The Morgan fingerprint density at radius 1 is 1.07 bits per heavy atom. The molecular formula is C21H24N2O5S. The largest absolute Gasteiger partial charge is 0.497 e. The summed E-state index contributed by atoms with van der Waals surface area (Å²) in [7, 11) is 1.26. The second kappa shape index (κ2) is 10.1. The Hall–Kier alpha value is -2.86. The van der Waals surface area contributed by atoms with Crippen LogP contribution in [0.5, 0.6) is 5.75 Å². The lowest BCUT2D eigenvalue weighted by Crippen LogP contribution is -2.40. The molecule has 29 heavy (non-hydrogen) atoms. The van der Waals surface area contributed by atoms with Crippen molar-refractivity contribution in [3.63, 3.8) is 0 Å². The van der Waals surface area contributed by atoms with Crippen molar-refractivity contribution < 1.29 is 23.1 Å². The van der Waals surface area contributed by atoms with E-state index in [-0.39, 0.29) is 11.3 Å². The standard InChI is InChI=1S/C21H24N2O5S/c1-23(2)15-5-4-6-20(21(24)25)22-29(26,27)19-13-9-17(10-14-19)16-7-11-18(28-3)12-8-16/h7-14,20,22H,6,15H2,1-3H3,(H,24,25). The first-order valence-corrected chi connectivity index (χ1v) is 10.3. The fraction of sp³-hybridized carbons (Fsp3) is 0.286. The number of carboxylic acid groups (broad SMARTS) is 1. The quantitative estimate of drug-likeness (QED) is 0.640. The first kappa shape index (κ1) is 22.4. The molecule has 0 aliphatic carbocycles. The number of benzene rings is 2. The first-order chi connectivity index (χ1) is 13.7. The highest BCUT2D eigenvalue weighted by molar-refractivity contribution is 7.89. The molecule has 0 bridgehead atoms. The smallest absolute Gasteiger partial charge is 0.322 e. The minimum Gasteiger partial charge on any atom is -0.497 e. The van der Waals surface area contributed by atoms with Crippen molar-refractivity contribution in [3.8, 4) is 28.7 Å². The van der Waals surface area contributed by atoms with E-state index in [9.17, 15) is 18.3 Å². The van der Waals surface area contributed by atoms with Crippen LogP contribution < -0.4 is 9.46 Å². The maximum atomic E-state index is 12.6. The molecule has 0 heterocycles. The van der Waals surface area contributed by atoms with Crippen LogP contribution in [0.1, 0.15) is 6.42 Å². The molecule has 1 unspecified atom stereocenters. The third kappa shape index (κ3) is 6.61. The molecule has 8 heteroatoms. The molecule has 0 amide bonds. The number of nitrogens with one attached hydrogen (secondary N) is 1. The number of methoxy groups -OCH3 is 1. The van der Waals surface area contributed by atoms with Crippen molar-refractivity contribution in [2.24, 2.45) is 0 Å². The van der Waals surface area contributed by atoms with Crippen LogP contribution in [0.2, 0.25) is 0 Å². The molecule has 0 radical (unpaired) electrons. The molecule has 0 spiro atoms. The van der Waals surface area contributed by atoms with Crippen LogP contribution in [0.25, 0.3) is 11.1 Å². The lowest BCUT2D eigenvalue weighted by atomic mass is 10.1. The van der Waals surface area contributed by atoms with Crippen LogP contribution in [0.3, 0.4) is 0 Å². The SMILES string of the molecule is COc1ccc(-c2ccc(S(=O)(=O)NC(CC#CCN(C)C)C(=O)O)cc2)cc1. The highest BCUT2D eigenvalue weighted by Gasteiger charge is 2.24. The lowest BCUT2D eigenvalue weighted by molar-refractivity contribution is -0.138. The van der Waals surface area contributed by atoms with Crippen LogP contribution >= 0.6 is 0 Å². The molecule has 2 aromatic carbocycles. The van der Waals surface area contributed by atoms with Crippen LogP contribution in [0.4, 0.5) is 0 Å². The van der Waals surface area contributed by atoms with E-state index in [0.717, 1.165) is 16.9 Å². The summed E-state index contributed by atoms with van der Waals surface area (Å²) >= 11 is 0. The Labute approximate surface area is 171 Å². The highest BCUT2D eigenvalue weighted by atomic mass is 32.2. The summed E-state index contributed by atoms with van der Waals surface area (Å²) in [6.45, 7) is 0.464. The minimum absolute atomic E-state index is 0.0118. The topological polar surface area (TPSA) is 95.9 Å². The number of nitrogens with zero attached hydrogens (tertiary/aromatic N) is 1. The van der Waals surface area contributed by atoms with E-state index >= 15 is 0 Å². The molecule has 0 aliphatic heterocycles. The number of sulfonamides is 1. The normalized spacial score (nSPS) is 12.1. The zero-order chi connectivity index (χ0) is 21.4. The monoisotopic (exact) mass is 416 g/mol. The molecule has 0 fully saturated rings. The van der Waals surface area contributed by atoms with Gasteiger partial charge in [-0.15, -0.1) is 0 Å². The van der Waals surface area contributed by atoms with Gasteiger partial charge in [0.15, 0.2) is 0 Å². The highest BCUT2D eigenvalue weighted by Crippen LogP contribution is 2.23. The molecular weight excluding hydrogens is 392 g/mol. The molecule has 7 nitrogen and oxygen atoms in total. The first-order valence-electron chi connectivity index (χ1n) is 8.83. The Balaban J connectivity index is 2.13. The average molecular weight is 416 g/mol. The molecule has 154 valence electrons. The maximum Gasteiger partial charge on any atom is 0.322 e. The predicted molar refractivity (Wildman–Crippen MR) is 111 cm³/mol. The number of hydrogen-bond acceptors (Lipinski definition) is 5. The van der Waals surface area contributed by atoms with E-state index < -0.39 is 22.0 Å². The molecule has 0 aliphatic rings. The van der Waals surface area contributed by atoms with Gasteiger partial charge in [0.25, 0.3) is 0 Å². The van der Waals surface area contributed by atoms with Gasteiger partial charge < -0.3 is 9.84 Å². The van der Waals surface area contributed by atoms with Crippen LogP contribution in [0.15, 0.2) is 53.4 Å². The summed E-state index contributed by atoms with van der Waals surface area (Å²) < 4.78 is 32.5. The third-order valence-corrected chi connectivity index (χ3v) is 5.50. The predicted octanol–water partition coefficient (Wildman–Crippen LogP) is 2.05. The summed E-state index contributed by atoms with van der Waals surface area (Å²) in [5, 5.41) is 9.31. The third-order valence-electron chi connectivity index (χ3n) is 4.01. The summed E-state index contributed by atoms with van der Waals surface area (Å²) in [6.07, 6.45) is -0.119. The minimum atomic E-state index is -4.00. The van der Waals surface area contributed by atoms with E-state index in [2.05, 4.69) is 16.6 Å². The summed E-state index contributed by atoms with van der Waals surface area (Å²) in [6, 6.07) is 12.3. The van der Waals surface area contributed by atoms with Crippen LogP contribution in [-0.2, 0) is 14.8 Å². The van der Waals surface area contributed by atoms with Gasteiger partial charge in [-0.05, 0) is 49.5 Å². The van der Waals surface area contributed by atoms with E-state index in [4.69, 9.17) is 4.74 Å². The molecule has 1 atom stereocenters. The van der Waals surface area contributed by atoms with Gasteiger partial charge in [0.1, 0.15) is 11.8 Å². The molecule has 2 rings (SSSR count). The van der Waals surface area contributed by atoms with Crippen molar-refractivity contribution in [3.05, 3.63) is 48.5 Å². The van der Waals surface area contributed by atoms with Crippen molar-refractivity contribution >= 4 is 16.0 Å². The van der Waals surface area contributed by atoms with Crippen molar-refractivity contribution in [1.29, 1.82) is 0 Å². The molecule has 2 N–H and O–H groups in total. The molecule has 0 aromatic heterocycles. The second-order valence-corrected chi connectivity index (χ2v) is 8.27. The van der Waals surface area contributed by atoms with Crippen molar-refractivity contribution in [2.45, 2.75) is 17.4 Å². The van der Waals surface area contributed by atoms with Gasteiger partial charge in [0, 0.05) is 6.42 Å². The number of carboxylic acids is 1. The molecule has 2 aromatic rings. The number of carbonyl (C=O) groups is 1. The number of ether oxygens (including phenoxy) is 1. The van der Waals surface area contributed by atoms with E-state index in [1.54, 1.807) is 19.2 Å². The Bertz CT molecular complexity index is 988. The van der Waals surface area contributed by atoms with Gasteiger partial charge >= 0.3 is 5.97 Å². The van der Waals surface area contributed by atoms with Gasteiger partial charge in [-0.1, -0.05) is 36.1 Å². The lowest BCUT2D eigenvalue weighted by Gasteiger charge is -2.13. The van der Waals surface area contributed by atoms with Gasteiger partial charge in [0.2, 0.25) is 10.0 Å². The fourth-order valence-electron chi connectivity index (χ4n) is 2.43. The zero-order valence-corrected chi connectivity index (χ0v) is 17.4. The Morgan fingerprint density at radius 2 is 1.62 bits per heavy atom. The Morgan fingerprint density at radius 3 is 2.10 bits per heavy atom. The Kier molecular flexibility index (Phi) is 7.79.